The fourth-order valence-corrected chi connectivity index (χ4v) is 2.40. The van der Waals surface area contributed by atoms with E-state index in [9.17, 15) is 13.2 Å². The van der Waals surface area contributed by atoms with Crippen molar-refractivity contribution in [3.8, 4) is 0 Å². The van der Waals surface area contributed by atoms with E-state index in [4.69, 9.17) is 0 Å². The summed E-state index contributed by atoms with van der Waals surface area (Å²) in [6.45, 7) is 3.30. The van der Waals surface area contributed by atoms with Crippen LogP contribution in [0.3, 0.4) is 0 Å². The number of carbonyl (C=O) groups is 1. The maximum absolute atomic E-state index is 11.7. The van der Waals surface area contributed by atoms with Crippen molar-refractivity contribution in [2.24, 2.45) is 0 Å². The normalized spacial score (nSPS) is 11.3. The van der Waals surface area contributed by atoms with E-state index in [1.807, 2.05) is 6.92 Å². The first kappa shape index (κ1) is 15.8. The van der Waals surface area contributed by atoms with Crippen molar-refractivity contribution in [1.29, 1.82) is 0 Å². The van der Waals surface area contributed by atoms with Gasteiger partial charge >= 0.3 is 0 Å². The SMILES string of the molecule is CCNc1nnc(C(=O)NCCCNS(C)(=O)=O)s1. The van der Waals surface area contributed by atoms with Crippen molar-refractivity contribution >= 4 is 32.4 Å². The molecule has 0 fully saturated rings. The summed E-state index contributed by atoms with van der Waals surface area (Å²) in [5, 5.41) is 14.1. The minimum atomic E-state index is -3.17. The molecule has 0 aliphatic rings. The van der Waals surface area contributed by atoms with Gasteiger partial charge in [-0.2, -0.15) is 0 Å². The number of hydrogen-bond acceptors (Lipinski definition) is 7. The number of aromatic nitrogens is 2. The molecule has 1 aromatic rings. The molecule has 1 heterocycles. The largest absolute Gasteiger partial charge is 0.360 e. The molecule has 8 nitrogen and oxygen atoms in total. The average molecular weight is 307 g/mol. The van der Waals surface area contributed by atoms with Crippen molar-refractivity contribution in [2.75, 3.05) is 31.2 Å². The van der Waals surface area contributed by atoms with Gasteiger partial charge in [0.25, 0.3) is 5.91 Å². The van der Waals surface area contributed by atoms with Gasteiger partial charge in [-0.1, -0.05) is 11.3 Å². The number of sulfonamides is 1. The van der Waals surface area contributed by atoms with Gasteiger partial charge in [0.05, 0.1) is 6.26 Å². The summed E-state index contributed by atoms with van der Waals surface area (Å²) in [6.07, 6.45) is 1.60. The summed E-state index contributed by atoms with van der Waals surface area (Å²) in [4.78, 5) is 11.7. The van der Waals surface area contributed by atoms with Crippen molar-refractivity contribution in [1.82, 2.24) is 20.2 Å². The fourth-order valence-electron chi connectivity index (χ4n) is 1.16. The van der Waals surface area contributed by atoms with Crippen LogP contribution < -0.4 is 15.4 Å². The molecule has 0 aliphatic carbocycles. The van der Waals surface area contributed by atoms with Gasteiger partial charge in [0, 0.05) is 19.6 Å². The first-order chi connectivity index (χ1) is 8.92. The van der Waals surface area contributed by atoms with Crippen LogP contribution in [0, 0.1) is 0 Å². The van der Waals surface area contributed by atoms with Crippen LogP contribution in [-0.4, -0.2) is 50.4 Å². The highest BCUT2D eigenvalue weighted by molar-refractivity contribution is 7.88. The van der Waals surface area contributed by atoms with Crippen molar-refractivity contribution in [3.63, 3.8) is 0 Å². The zero-order chi connectivity index (χ0) is 14.3. The lowest BCUT2D eigenvalue weighted by Gasteiger charge is -2.03. The lowest BCUT2D eigenvalue weighted by molar-refractivity contribution is 0.0952. The van der Waals surface area contributed by atoms with Crippen LogP contribution in [0.4, 0.5) is 5.13 Å². The van der Waals surface area contributed by atoms with Gasteiger partial charge in [-0.05, 0) is 13.3 Å². The summed E-state index contributed by atoms with van der Waals surface area (Å²) in [5.74, 6) is -0.305. The predicted octanol–water partition coefficient (Wildman–Crippen LogP) is -0.361. The van der Waals surface area contributed by atoms with E-state index in [1.54, 1.807) is 0 Å². The van der Waals surface area contributed by atoms with Gasteiger partial charge < -0.3 is 10.6 Å². The number of hydrogen-bond donors (Lipinski definition) is 3. The van der Waals surface area contributed by atoms with Gasteiger partial charge in [0.1, 0.15) is 0 Å². The Balaban J connectivity index is 2.27. The van der Waals surface area contributed by atoms with Crippen LogP contribution in [0.15, 0.2) is 0 Å². The van der Waals surface area contributed by atoms with Crippen molar-refractivity contribution in [2.45, 2.75) is 13.3 Å². The van der Waals surface area contributed by atoms with E-state index in [1.165, 1.54) is 11.3 Å². The molecule has 0 spiro atoms. The van der Waals surface area contributed by atoms with E-state index >= 15 is 0 Å². The first-order valence-corrected chi connectivity index (χ1v) is 8.43. The van der Waals surface area contributed by atoms with E-state index in [-0.39, 0.29) is 17.5 Å². The Morgan fingerprint density at radius 3 is 2.68 bits per heavy atom. The molecule has 3 N–H and O–H groups in total. The summed E-state index contributed by atoms with van der Waals surface area (Å²) in [5.41, 5.74) is 0. The lowest BCUT2D eigenvalue weighted by Crippen LogP contribution is -2.29. The van der Waals surface area contributed by atoms with E-state index < -0.39 is 10.0 Å². The quantitative estimate of drug-likeness (QED) is 0.565. The highest BCUT2D eigenvalue weighted by Gasteiger charge is 2.11. The van der Waals surface area contributed by atoms with Gasteiger partial charge in [-0.25, -0.2) is 13.1 Å². The molecular formula is C9H17N5O3S2. The Kier molecular flexibility index (Phi) is 6.12. The number of rotatable bonds is 8. The summed E-state index contributed by atoms with van der Waals surface area (Å²) < 4.78 is 23.9. The molecule has 0 unspecified atom stereocenters. The van der Waals surface area contributed by atoms with Gasteiger partial charge in [0.2, 0.25) is 20.2 Å². The number of nitrogens with one attached hydrogen (secondary N) is 3. The van der Waals surface area contributed by atoms with Gasteiger partial charge in [-0.3, -0.25) is 4.79 Å². The average Bonchev–Trinajstić information content (AvgIpc) is 2.76. The Bertz CT molecular complexity index is 514. The molecule has 0 atom stereocenters. The maximum Gasteiger partial charge on any atom is 0.282 e. The van der Waals surface area contributed by atoms with Crippen molar-refractivity contribution in [3.05, 3.63) is 5.01 Å². The van der Waals surface area contributed by atoms with E-state index in [0.29, 0.717) is 24.6 Å². The first-order valence-electron chi connectivity index (χ1n) is 5.72. The molecule has 19 heavy (non-hydrogen) atoms. The van der Waals surface area contributed by atoms with E-state index in [0.717, 1.165) is 6.26 Å². The highest BCUT2D eigenvalue weighted by atomic mass is 32.2. The number of carbonyl (C=O) groups excluding carboxylic acids is 1. The minimum Gasteiger partial charge on any atom is -0.360 e. The van der Waals surface area contributed by atoms with Gasteiger partial charge in [-0.15, -0.1) is 10.2 Å². The molecule has 1 rings (SSSR count). The molecule has 10 heteroatoms. The fraction of sp³-hybridized carbons (Fsp3) is 0.667. The number of nitrogens with zero attached hydrogens (tertiary/aromatic N) is 2. The second-order valence-corrected chi connectivity index (χ2v) is 6.53. The number of amides is 1. The van der Waals surface area contributed by atoms with Crippen LogP contribution in [-0.2, 0) is 10.0 Å². The third-order valence-corrected chi connectivity index (χ3v) is 3.56. The molecule has 0 bridgehead atoms. The smallest absolute Gasteiger partial charge is 0.282 e. The zero-order valence-electron chi connectivity index (χ0n) is 10.8. The van der Waals surface area contributed by atoms with Crippen LogP contribution in [0.2, 0.25) is 0 Å². The molecule has 1 amide bonds. The summed E-state index contributed by atoms with van der Waals surface area (Å²) in [7, 11) is -3.17. The Hall–Kier alpha value is -1.26. The van der Waals surface area contributed by atoms with Crippen LogP contribution in [0.25, 0.3) is 0 Å². The van der Waals surface area contributed by atoms with Crippen LogP contribution >= 0.6 is 11.3 Å². The summed E-state index contributed by atoms with van der Waals surface area (Å²) >= 11 is 1.18. The predicted molar refractivity (Wildman–Crippen MR) is 73.9 cm³/mol. The van der Waals surface area contributed by atoms with Crippen molar-refractivity contribution < 1.29 is 13.2 Å². The molecule has 1 aromatic heterocycles. The Labute approximate surface area is 116 Å². The Morgan fingerprint density at radius 2 is 2.05 bits per heavy atom. The summed E-state index contributed by atoms with van der Waals surface area (Å²) in [6, 6.07) is 0. The molecule has 0 aromatic carbocycles. The third-order valence-electron chi connectivity index (χ3n) is 1.95. The molecule has 0 radical (unpaired) electrons. The molecular weight excluding hydrogens is 290 g/mol. The van der Waals surface area contributed by atoms with Crippen LogP contribution in [0.5, 0.6) is 0 Å². The second kappa shape index (κ2) is 7.36. The van der Waals surface area contributed by atoms with Crippen LogP contribution in [0.1, 0.15) is 23.1 Å². The topological polar surface area (TPSA) is 113 Å². The second-order valence-electron chi connectivity index (χ2n) is 3.72. The molecule has 0 saturated carbocycles. The lowest BCUT2D eigenvalue weighted by atomic mass is 10.4. The maximum atomic E-state index is 11.7. The monoisotopic (exact) mass is 307 g/mol. The molecule has 108 valence electrons. The Morgan fingerprint density at radius 1 is 1.32 bits per heavy atom. The zero-order valence-corrected chi connectivity index (χ0v) is 12.4. The molecule has 0 aliphatic heterocycles. The highest BCUT2D eigenvalue weighted by Crippen LogP contribution is 2.14. The third kappa shape index (κ3) is 6.45. The standard InChI is InChI=1S/C9H17N5O3S2/c1-3-10-9-14-13-8(18-9)7(15)11-5-4-6-12-19(2,16)17/h12H,3-6H2,1-2H3,(H,10,14)(H,11,15). The number of anilines is 1. The minimum absolute atomic E-state index is 0.284. The molecule has 0 saturated heterocycles. The van der Waals surface area contributed by atoms with E-state index in [2.05, 4.69) is 25.6 Å². The van der Waals surface area contributed by atoms with Gasteiger partial charge in [0.15, 0.2) is 0 Å².